The molecule has 0 aliphatic rings. The number of carbonyl (C=O) groups is 2. The molecule has 0 radical (unpaired) electrons. The molecule has 1 rings (SSSR count). The van der Waals surface area contributed by atoms with Crippen LogP contribution in [-0.4, -0.2) is 23.8 Å². The van der Waals surface area contributed by atoms with Crippen molar-refractivity contribution in [3.05, 3.63) is 30.1 Å². The van der Waals surface area contributed by atoms with E-state index < -0.39 is 0 Å². The van der Waals surface area contributed by atoms with Crippen molar-refractivity contribution in [1.82, 2.24) is 4.98 Å². The molecular formula is C10H11NO3. The summed E-state index contributed by atoms with van der Waals surface area (Å²) in [6.45, 7) is 0. The minimum absolute atomic E-state index is 0.0715. The molecule has 14 heavy (non-hydrogen) atoms. The number of rotatable bonds is 4. The Morgan fingerprint density at radius 3 is 2.50 bits per heavy atom. The lowest BCUT2D eigenvalue weighted by molar-refractivity contribution is -0.140. The first-order valence-electron chi connectivity index (χ1n) is 4.24. The van der Waals surface area contributed by atoms with Gasteiger partial charge in [-0.05, 0) is 12.1 Å². The van der Waals surface area contributed by atoms with Crippen molar-refractivity contribution in [2.75, 3.05) is 7.11 Å². The van der Waals surface area contributed by atoms with Crippen molar-refractivity contribution in [2.24, 2.45) is 0 Å². The van der Waals surface area contributed by atoms with Crippen LogP contribution in [-0.2, 0) is 9.53 Å². The Morgan fingerprint density at radius 2 is 1.93 bits per heavy atom. The third-order valence-corrected chi connectivity index (χ3v) is 1.79. The fourth-order valence-electron chi connectivity index (χ4n) is 1.000. The molecular weight excluding hydrogens is 182 g/mol. The maximum absolute atomic E-state index is 11.4. The summed E-state index contributed by atoms with van der Waals surface area (Å²) in [5.74, 6) is -0.440. The van der Waals surface area contributed by atoms with Gasteiger partial charge in [0, 0.05) is 24.4 Å². The molecule has 0 bridgehead atoms. The Labute approximate surface area is 81.9 Å². The van der Waals surface area contributed by atoms with E-state index in [1.807, 2.05) is 0 Å². The average Bonchev–Trinajstić information content (AvgIpc) is 2.26. The van der Waals surface area contributed by atoms with Gasteiger partial charge in [0.25, 0.3) is 0 Å². The van der Waals surface area contributed by atoms with Crippen LogP contribution in [0.15, 0.2) is 24.5 Å². The van der Waals surface area contributed by atoms with Gasteiger partial charge in [0.05, 0.1) is 13.5 Å². The summed E-state index contributed by atoms with van der Waals surface area (Å²) in [6, 6.07) is 3.25. The monoisotopic (exact) mass is 193 g/mol. The fourth-order valence-corrected chi connectivity index (χ4v) is 1.000. The lowest BCUT2D eigenvalue weighted by Gasteiger charge is -1.99. The first-order valence-corrected chi connectivity index (χ1v) is 4.24. The van der Waals surface area contributed by atoms with Crippen LogP contribution in [0.4, 0.5) is 0 Å². The van der Waals surface area contributed by atoms with Crippen LogP contribution >= 0.6 is 0 Å². The van der Waals surface area contributed by atoms with Crippen LogP contribution < -0.4 is 0 Å². The van der Waals surface area contributed by atoms with Crippen LogP contribution in [0.25, 0.3) is 0 Å². The number of hydrogen-bond acceptors (Lipinski definition) is 4. The third-order valence-electron chi connectivity index (χ3n) is 1.79. The SMILES string of the molecule is COC(=O)CCC(=O)c1ccncc1. The molecule has 0 fully saturated rings. The van der Waals surface area contributed by atoms with Crippen molar-refractivity contribution in [2.45, 2.75) is 12.8 Å². The van der Waals surface area contributed by atoms with Gasteiger partial charge in [0.1, 0.15) is 0 Å². The number of nitrogens with zero attached hydrogens (tertiary/aromatic N) is 1. The molecule has 0 spiro atoms. The summed E-state index contributed by atoms with van der Waals surface area (Å²) >= 11 is 0. The first kappa shape index (κ1) is 10.4. The van der Waals surface area contributed by atoms with Gasteiger partial charge >= 0.3 is 5.97 Å². The average molecular weight is 193 g/mol. The number of pyridine rings is 1. The summed E-state index contributed by atoms with van der Waals surface area (Å²) < 4.78 is 4.43. The number of esters is 1. The summed E-state index contributed by atoms with van der Waals surface area (Å²) in [5, 5.41) is 0. The highest BCUT2D eigenvalue weighted by atomic mass is 16.5. The van der Waals surface area contributed by atoms with Gasteiger partial charge in [-0.25, -0.2) is 0 Å². The molecule has 0 N–H and O–H groups in total. The number of ether oxygens (including phenoxy) is 1. The maximum Gasteiger partial charge on any atom is 0.305 e. The van der Waals surface area contributed by atoms with Crippen LogP contribution in [0, 0.1) is 0 Å². The highest BCUT2D eigenvalue weighted by molar-refractivity contribution is 5.97. The van der Waals surface area contributed by atoms with E-state index in [2.05, 4.69) is 9.72 Å². The van der Waals surface area contributed by atoms with Gasteiger partial charge in [0.2, 0.25) is 0 Å². The summed E-state index contributed by atoms with van der Waals surface area (Å²) in [5.41, 5.74) is 0.573. The molecule has 0 aliphatic carbocycles. The molecule has 0 amide bonds. The van der Waals surface area contributed by atoms with Crippen LogP contribution in [0.1, 0.15) is 23.2 Å². The number of ketones is 1. The van der Waals surface area contributed by atoms with Gasteiger partial charge in [-0.15, -0.1) is 0 Å². The zero-order valence-electron chi connectivity index (χ0n) is 7.90. The van der Waals surface area contributed by atoms with E-state index >= 15 is 0 Å². The maximum atomic E-state index is 11.4. The number of carbonyl (C=O) groups excluding carboxylic acids is 2. The Morgan fingerprint density at radius 1 is 1.29 bits per heavy atom. The third kappa shape index (κ3) is 2.97. The molecule has 1 heterocycles. The molecule has 4 heteroatoms. The Bertz CT molecular complexity index is 321. The predicted octanol–water partition coefficient (Wildman–Crippen LogP) is 1.22. The second-order valence-corrected chi connectivity index (χ2v) is 2.74. The molecule has 74 valence electrons. The molecule has 0 unspecified atom stereocenters. The molecule has 1 aromatic rings. The summed E-state index contributed by atoms with van der Waals surface area (Å²) in [6.07, 6.45) is 3.39. The van der Waals surface area contributed by atoms with Crippen molar-refractivity contribution in [3.63, 3.8) is 0 Å². The molecule has 0 atom stereocenters. The molecule has 0 saturated carbocycles. The van der Waals surface area contributed by atoms with Crippen molar-refractivity contribution in [3.8, 4) is 0 Å². The van der Waals surface area contributed by atoms with Crippen molar-refractivity contribution < 1.29 is 14.3 Å². The smallest absolute Gasteiger partial charge is 0.305 e. The molecule has 1 aromatic heterocycles. The Balaban J connectivity index is 2.48. The lowest BCUT2D eigenvalue weighted by Crippen LogP contribution is -2.05. The minimum atomic E-state index is -0.368. The van der Waals surface area contributed by atoms with E-state index in [-0.39, 0.29) is 24.6 Å². The Hall–Kier alpha value is -1.71. The molecule has 0 aromatic carbocycles. The van der Waals surface area contributed by atoms with Gasteiger partial charge in [-0.3, -0.25) is 14.6 Å². The quantitative estimate of drug-likeness (QED) is 0.533. The number of Topliss-reactive ketones (excluding diaryl/α,β-unsaturated/α-hetero) is 1. The van der Waals surface area contributed by atoms with E-state index in [1.54, 1.807) is 24.5 Å². The predicted molar refractivity (Wildman–Crippen MR) is 49.8 cm³/mol. The van der Waals surface area contributed by atoms with Gasteiger partial charge in [0.15, 0.2) is 5.78 Å². The van der Waals surface area contributed by atoms with Crippen molar-refractivity contribution >= 4 is 11.8 Å². The minimum Gasteiger partial charge on any atom is -0.469 e. The fraction of sp³-hybridized carbons (Fsp3) is 0.300. The van der Waals surface area contributed by atoms with E-state index in [4.69, 9.17) is 0 Å². The highest BCUT2D eigenvalue weighted by Gasteiger charge is 2.08. The number of aromatic nitrogens is 1. The zero-order chi connectivity index (χ0) is 10.4. The first-order chi connectivity index (χ1) is 6.74. The van der Waals surface area contributed by atoms with E-state index in [0.717, 1.165) is 0 Å². The molecule has 0 aliphatic heterocycles. The number of hydrogen-bond donors (Lipinski definition) is 0. The van der Waals surface area contributed by atoms with Crippen LogP contribution in [0.2, 0.25) is 0 Å². The van der Waals surface area contributed by atoms with E-state index in [1.165, 1.54) is 7.11 Å². The number of methoxy groups -OCH3 is 1. The molecule has 4 nitrogen and oxygen atoms in total. The lowest BCUT2D eigenvalue weighted by atomic mass is 10.1. The summed E-state index contributed by atoms with van der Waals surface area (Å²) in [7, 11) is 1.30. The van der Waals surface area contributed by atoms with E-state index in [9.17, 15) is 9.59 Å². The van der Waals surface area contributed by atoms with E-state index in [0.29, 0.717) is 5.56 Å². The zero-order valence-corrected chi connectivity index (χ0v) is 7.90. The normalized spacial score (nSPS) is 9.50. The van der Waals surface area contributed by atoms with Crippen LogP contribution in [0.5, 0.6) is 0 Å². The highest BCUT2D eigenvalue weighted by Crippen LogP contribution is 2.04. The molecule has 0 saturated heterocycles. The van der Waals surface area contributed by atoms with Gasteiger partial charge < -0.3 is 4.74 Å². The standard InChI is InChI=1S/C10H11NO3/c1-14-10(13)3-2-9(12)8-4-6-11-7-5-8/h4-7H,2-3H2,1H3. The summed E-state index contributed by atoms with van der Waals surface area (Å²) in [4.78, 5) is 26.0. The second-order valence-electron chi connectivity index (χ2n) is 2.74. The Kier molecular flexibility index (Phi) is 3.79. The topological polar surface area (TPSA) is 56.3 Å². The largest absolute Gasteiger partial charge is 0.469 e. The van der Waals surface area contributed by atoms with Crippen molar-refractivity contribution in [1.29, 1.82) is 0 Å². The van der Waals surface area contributed by atoms with Gasteiger partial charge in [-0.1, -0.05) is 0 Å². The van der Waals surface area contributed by atoms with Gasteiger partial charge in [-0.2, -0.15) is 0 Å². The van der Waals surface area contributed by atoms with Crippen LogP contribution in [0.3, 0.4) is 0 Å². The second kappa shape index (κ2) is 5.11.